The van der Waals surface area contributed by atoms with E-state index < -0.39 is 11.2 Å². The molecule has 1 amide bonds. The predicted octanol–water partition coefficient (Wildman–Crippen LogP) is 3.06. The van der Waals surface area contributed by atoms with E-state index in [4.69, 9.17) is 14.2 Å². The van der Waals surface area contributed by atoms with Crippen LogP contribution in [0.1, 0.15) is 46.1 Å². The maximum Gasteiger partial charge on any atom is 0.258 e. The summed E-state index contributed by atoms with van der Waals surface area (Å²) in [7, 11) is 1.69. The van der Waals surface area contributed by atoms with E-state index in [-0.39, 0.29) is 12.5 Å². The van der Waals surface area contributed by atoms with Crippen LogP contribution in [0.5, 0.6) is 5.75 Å². The first-order valence-corrected chi connectivity index (χ1v) is 8.44. The predicted molar refractivity (Wildman–Crippen MR) is 93.1 cm³/mol. The number of methoxy groups -OCH3 is 1. The molecule has 0 spiro atoms. The van der Waals surface area contributed by atoms with Gasteiger partial charge in [-0.25, -0.2) is 0 Å². The minimum Gasteiger partial charge on any atom is -0.484 e. The summed E-state index contributed by atoms with van der Waals surface area (Å²) in [5, 5.41) is 2.90. The van der Waals surface area contributed by atoms with Crippen LogP contribution < -0.4 is 10.1 Å². The van der Waals surface area contributed by atoms with Gasteiger partial charge in [-0.15, -0.1) is 0 Å². The Hall–Kier alpha value is -1.59. The molecule has 2 rings (SSSR count). The fourth-order valence-electron chi connectivity index (χ4n) is 2.05. The number of carbonyl (C=O) groups excluding carboxylic acids is 1. The molecule has 0 aromatic heterocycles. The van der Waals surface area contributed by atoms with Crippen molar-refractivity contribution in [3.63, 3.8) is 0 Å². The van der Waals surface area contributed by atoms with Gasteiger partial charge in [-0.1, -0.05) is 12.1 Å². The topological polar surface area (TPSA) is 56.8 Å². The first-order chi connectivity index (χ1) is 11.2. The van der Waals surface area contributed by atoms with Crippen LogP contribution in [0.15, 0.2) is 24.3 Å². The molecule has 0 heterocycles. The lowest BCUT2D eigenvalue weighted by Crippen LogP contribution is -2.48. The Balaban J connectivity index is 1.86. The summed E-state index contributed by atoms with van der Waals surface area (Å²) >= 11 is 0. The van der Waals surface area contributed by atoms with Crippen molar-refractivity contribution in [3.05, 3.63) is 29.8 Å². The third kappa shape index (κ3) is 5.21. The van der Waals surface area contributed by atoms with Gasteiger partial charge in [0.15, 0.2) is 6.61 Å². The maximum atomic E-state index is 11.7. The molecule has 0 saturated heterocycles. The fraction of sp³-hybridized carbons (Fsp3) is 0.632. The number of hydrogen-bond acceptors (Lipinski definition) is 4. The second-order valence-electron chi connectivity index (χ2n) is 7.29. The van der Waals surface area contributed by atoms with Crippen molar-refractivity contribution >= 4 is 5.91 Å². The number of rotatable bonds is 9. The van der Waals surface area contributed by atoms with Gasteiger partial charge in [0.2, 0.25) is 0 Å². The first-order valence-electron chi connectivity index (χ1n) is 8.44. The van der Waals surface area contributed by atoms with E-state index in [1.165, 1.54) is 0 Å². The van der Waals surface area contributed by atoms with Crippen molar-refractivity contribution in [3.8, 4) is 5.75 Å². The van der Waals surface area contributed by atoms with E-state index in [1.54, 1.807) is 7.11 Å². The minimum absolute atomic E-state index is 0.0447. The molecule has 134 valence electrons. The molecular weight excluding hydrogens is 306 g/mol. The number of benzene rings is 1. The molecule has 1 fully saturated rings. The molecule has 1 saturated carbocycles. The Kier molecular flexibility index (Phi) is 5.88. The molecule has 1 N–H and O–H groups in total. The third-order valence-corrected chi connectivity index (χ3v) is 4.77. The van der Waals surface area contributed by atoms with Gasteiger partial charge in [0.1, 0.15) is 5.75 Å². The number of amides is 1. The van der Waals surface area contributed by atoms with Gasteiger partial charge in [0.25, 0.3) is 5.91 Å². The SMILES string of the molecule is COC(C)(C)C(C)(C)OCc1cccc(OCC(=O)NC2CC2)c1. The molecule has 5 nitrogen and oxygen atoms in total. The van der Waals surface area contributed by atoms with E-state index in [2.05, 4.69) is 5.32 Å². The largest absolute Gasteiger partial charge is 0.484 e. The zero-order chi connectivity index (χ0) is 17.8. The highest BCUT2D eigenvalue weighted by atomic mass is 16.6. The lowest BCUT2D eigenvalue weighted by Gasteiger charge is -2.40. The molecule has 1 aromatic rings. The molecule has 0 atom stereocenters. The van der Waals surface area contributed by atoms with Gasteiger partial charge in [0.05, 0.1) is 17.8 Å². The Labute approximate surface area is 144 Å². The molecule has 1 aliphatic carbocycles. The van der Waals surface area contributed by atoms with Crippen molar-refractivity contribution < 1.29 is 19.0 Å². The van der Waals surface area contributed by atoms with Crippen LogP contribution >= 0.6 is 0 Å². The molecule has 1 aliphatic rings. The molecule has 1 aromatic carbocycles. The summed E-state index contributed by atoms with van der Waals surface area (Å²) in [5.41, 5.74) is 0.153. The van der Waals surface area contributed by atoms with Gasteiger partial charge >= 0.3 is 0 Å². The number of nitrogens with one attached hydrogen (secondary N) is 1. The van der Waals surface area contributed by atoms with Gasteiger partial charge in [-0.05, 0) is 58.2 Å². The zero-order valence-corrected chi connectivity index (χ0v) is 15.3. The van der Waals surface area contributed by atoms with Crippen LogP contribution in [0.3, 0.4) is 0 Å². The van der Waals surface area contributed by atoms with Crippen molar-refractivity contribution in [1.29, 1.82) is 0 Å². The van der Waals surface area contributed by atoms with Gasteiger partial charge < -0.3 is 19.5 Å². The second kappa shape index (κ2) is 7.53. The maximum absolute atomic E-state index is 11.7. The third-order valence-electron chi connectivity index (χ3n) is 4.77. The molecule has 24 heavy (non-hydrogen) atoms. The molecular formula is C19H29NO4. The zero-order valence-electron chi connectivity index (χ0n) is 15.3. The lowest BCUT2D eigenvalue weighted by atomic mass is 9.89. The molecule has 0 bridgehead atoms. The lowest BCUT2D eigenvalue weighted by molar-refractivity contribution is -0.169. The Bertz CT molecular complexity index is 564. The summed E-state index contributed by atoms with van der Waals surface area (Å²) in [4.78, 5) is 11.7. The molecule has 5 heteroatoms. The summed E-state index contributed by atoms with van der Waals surface area (Å²) in [6.07, 6.45) is 2.15. The average Bonchev–Trinajstić information content (AvgIpc) is 3.35. The highest BCUT2D eigenvalue weighted by molar-refractivity contribution is 5.78. The smallest absolute Gasteiger partial charge is 0.258 e. The number of hydrogen-bond donors (Lipinski definition) is 1. The van der Waals surface area contributed by atoms with E-state index in [1.807, 2.05) is 52.0 Å². The summed E-state index contributed by atoms with van der Waals surface area (Å²) in [5.74, 6) is 0.605. The first kappa shape index (κ1) is 18.7. The highest BCUT2D eigenvalue weighted by Gasteiger charge is 2.38. The van der Waals surface area contributed by atoms with Crippen LogP contribution in [0.4, 0.5) is 0 Å². The van der Waals surface area contributed by atoms with E-state index >= 15 is 0 Å². The Morgan fingerprint density at radius 1 is 1.21 bits per heavy atom. The van der Waals surface area contributed by atoms with Crippen molar-refractivity contribution in [2.45, 2.75) is 64.4 Å². The van der Waals surface area contributed by atoms with Crippen LogP contribution in [0.2, 0.25) is 0 Å². The van der Waals surface area contributed by atoms with Crippen molar-refractivity contribution in [2.24, 2.45) is 0 Å². The van der Waals surface area contributed by atoms with Crippen LogP contribution in [-0.4, -0.2) is 36.9 Å². The summed E-state index contributed by atoms with van der Waals surface area (Å²) < 4.78 is 17.1. The molecule has 0 aliphatic heterocycles. The van der Waals surface area contributed by atoms with Gasteiger partial charge in [-0.3, -0.25) is 4.79 Å². The van der Waals surface area contributed by atoms with Gasteiger partial charge in [0, 0.05) is 13.2 Å². The van der Waals surface area contributed by atoms with E-state index in [9.17, 15) is 4.79 Å². The Morgan fingerprint density at radius 3 is 2.54 bits per heavy atom. The van der Waals surface area contributed by atoms with E-state index in [0.717, 1.165) is 18.4 Å². The highest BCUT2D eigenvalue weighted by Crippen LogP contribution is 2.29. The quantitative estimate of drug-likeness (QED) is 0.753. The normalized spacial score (nSPS) is 15.2. The number of carbonyl (C=O) groups is 1. The van der Waals surface area contributed by atoms with Gasteiger partial charge in [-0.2, -0.15) is 0 Å². The van der Waals surface area contributed by atoms with Crippen LogP contribution in [0.25, 0.3) is 0 Å². The average molecular weight is 335 g/mol. The summed E-state index contributed by atoms with van der Waals surface area (Å²) in [6, 6.07) is 7.99. The molecule has 0 radical (unpaired) electrons. The standard InChI is InChI=1S/C19H29NO4/c1-18(2,22-5)19(3,4)24-12-14-7-6-8-16(11-14)23-13-17(21)20-15-9-10-15/h6-8,11,15H,9-10,12-13H2,1-5H3,(H,20,21). The van der Waals surface area contributed by atoms with Crippen molar-refractivity contribution in [2.75, 3.05) is 13.7 Å². The fourth-order valence-corrected chi connectivity index (χ4v) is 2.05. The molecule has 0 unspecified atom stereocenters. The Morgan fingerprint density at radius 2 is 1.92 bits per heavy atom. The van der Waals surface area contributed by atoms with E-state index in [0.29, 0.717) is 18.4 Å². The van der Waals surface area contributed by atoms with Crippen molar-refractivity contribution in [1.82, 2.24) is 5.32 Å². The number of ether oxygens (including phenoxy) is 3. The second-order valence-corrected chi connectivity index (χ2v) is 7.29. The van der Waals surface area contributed by atoms with Crippen LogP contribution in [0, 0.1) is 0 Å². The summed E-state index contributed by atoms with van der Waals surface area (Å²) in [6.45, 7) is 8.53. The minimum atomic E-state index is -0.442. The van der Waals surface area contributed by atoms with Crippen LogP contribution in [-0.2, 0) is 20.9 Å². The monoisotopic (exact) mass is 335 g/mol.